The Labute approximate surface area is 103 Å². The number of hydrogen-bond donors (Lipinski definition) is 2. The van der Waals surface area contributed by atoms with Gasteiger partial charge in [0.15, 0.2) is 0 Å². The Kier molecular flexibility index (Phi) is 5.65. The summed E-state index contributed by atoms with van der Waals surface area (Å²) in [7, 11) is -1.52. The molecule has 0 aromatic heterocycles. The van der Waals surface area contributed by atoms with E-state index in [1.807, 2.05) is 0 Å². The highest BCUT2D eigenvalue weighted by atomic mass is 19.4. The first-order chi connectivity index (χ1) is 8.38. The zero-order chi connectivity index (χ0) is 13.6. The van der Waals surface area contributed by atoms with E-state index in [0.29, 0.717) is 5.46 Å². The minimum Gasteiger partial charge on any atom is -0.423 e. The van der Waals surface area contributed by atoms with Crippen LogP contribution in [-0.4, -0.2) is 29.9 Å². The fourth-order valence-corrected chi connectivity index (χ4v) is 1.35. The van der Waals surface area contributed by atoms with Gasteiger partial charge in [-0.15, -0.1) is 0 Å². The number of alkyl halides is 3. The third kappa shape index (κ3) is 6.04. The van der Waals surface area contributed by atoms with Gasteiger partial charge in [0, 0.05) is 13.0 Å². The molecule has 0 fully saturated rings. The van der Waals surface area contributed by atoms with Gasteiger partial charge < -0.3 is 14.8 Å². The molecule has 1 rings (SSSR count). The summed E-state index contributed by atoms with van der Waals surface area (Å²) in [5.74, 6) is 0. The second kappa shape index (κ2) is 6.77. The van der Waals surface area contributed by atoms with Gasteiger partial charge in [0.05, 0.1) is 6.61 Å². The number of benzene rings is 1. The predicted molar refractivity (Wildman–Crippen MR) is 61.2 cm³/mol. The smallest absolute Gasteiger partial charge is 0.423 e. The first kappa shape index (κ1) is 15.0. The lowest BCUT2D eigenvalue weighted by atomic mass is 9.80. The van der Waals surface area contributed by atoms with Gasteiger partial charge >= 0.3 is 13.3 Å². The molecule has 0 aliphatic heterocycles. The molecule has 0 amide bonds. The minimum absolute atomic E-state index is 0.0455. The van der Waals surface area contributed by atoms with Crippen LogP contribution in [0.4, 0.5) is 13.2 Å². The van der Waals surface area contributed by atoms with Gasteiger partial charge in [0.1, 0.15) is 0 Å². The maximum Gasteiger partial charge on any atom is 0.488 e. The first-order valence-corrected chi connectivity index (χ1v) is 5.48. The van der Waals surface area contributed by atoms with Gasteiger partial charge in [-0.1, -0.05) is 24.3 Å². The van der Waals surface area contributed by atoms with Crippen molar-refractivity contribution in [2.45, 2.75) is 25.6 Å². The van der Waals surface area contributed by atoms with Crippen LogP contribution < -0.4 is 5.46 Å². The average molecular weight is 262 g/mol. The van der Waals surface area contributed by atoms with E-state index in [4.69, 9.17) is 14.8 Å². The summed E-state index contributed by atoms with van der Waals surface area (Å²) in [6.07, 6.45) is -5.04. The van der Waals surface area contributed by atoms with Crippen molar-refractivity contribution in [3.05, 3.63) is 29.8 Å². The highest BCUT2D eigenvalue weighted by Crippen LogP contribution is 2.21. The molecule has 7 heteroatoms. The highest BCUT2D eigenvalue weighted by Gasteiger charge is 2.25. The molecule has 0 aliphatic carbocycles. The summed E-state index contributed by atoms with van der Waals surface area (Å²) < 4.78 is 40.6. The lowest BCUT2D eigenvalue weighted by Crippen LogP contribution is -2.29. The predicted octanol–water partition coefficient (Wildman–Crippen LogP) is 1.23. The van der Waals surface area contributed by atoms with Crippen LogP contribution in [0.15, 0.2) is 24.3 Å². The molecule has 2 N–H and O–H groups in total. The summed E-state index contributed by atoms with van der Waals surface area (Å²) in [5, 5.41) is 17.7. The Balaban J connectivity index is 2.23. The molecule has 0 saturated carbocycles. The van der Waals surface area contributed by atoms with Gasteiger partial charge in [-0.05, 0) is 17.4 Å². The fraction of sp³-hybridized carbons (Fsp3) is 0.455. The third-order valence-corrected chi connectivity index (χ3v) is 2.30. The van der Waals surface area contributed by atoms with Gasteiger partial charge in [0.25, 0.3) is 0 Å². The molecule has 0 bridgehead atoms. The topological polar surface area (TPSA) is 49.7 Å². The lowest BCUT2D eigenvalue weighted by Gasteiger charge is -2.07. The minimum atomic E-state index is -4.14. The molecular weight excluding hydrogens is 248 g/mol. The van der Waals surface area contributed by atoms with Crippen LogP contribution in [0.2, 0.25) is 0 Å². The molecule has 0 radical (unpaired) electrons. The van der Waals surface area contributed by atoms with Crippen molar-refractivity contribution in [3.8, 4) is 0 Å². The van der Waals surface area contributed by atoms with E-state index in [1.165, 1.54) is 12.1 Å². The number of rotatable bonds is 6. The van der Waals surface area contributed by atoms with E-state index in [1.54, 1.807) is 12.1 Å². The molecule has 1 aromatic rings. The quantitative estimate of drug-likeness (QED) is 0.598. The Hall–Kier alpha value is -1.05. The highest BCUT2D eigenvalue weighted by molar-refractivity contribution is 6.58. The SMILES string of the molecule is OB(O)c1ccc(COCCCC(F)(F)F)cc1. The van der Waals surface area contributed by atoms with E-state index in [9.17, 15) is 13.2 Å². The number of hydrogen-bond acceptors (Lipinski definition) is 3. The van der Waals surface area contributed by atoms with Crippen molar-refractivity contribution in [1.82, 2.24) is 0 Å². The number of ether oxygens (including phenoxy) is 1. The molecule has 3 nitrogen and oxygen atoms in total. The van der Waals surface area contributed by atoms with Crippen molar-refractivity contribution < 1.29 is 28.0 Å². The molecule has 100 valence electrons. The molecule has 18 heavy (non-hydrogen) atoms. The number of halogens is 3. The van der Waals surface area contributed by atoms with Crippen molar-refractivity contribution in [2.24, 2.45) is 0 Å². The zero-order valence-corrected chi connectivity index (χ0v) is 9.65. The summed E-state index contributed by atoms with van der Waals surface area (Å²) >= 11 is 0. The molecule has 1 aromatic carbocycles. The van der Waals surface area contributed by atoms with Crippen LogP contribution in [0, 0.1) is 0 Å². The first-order valence-electron chi connectivity index (χ1n) is 5.48. The van der Waals surface area contributed by atoms with Gasteiger partial charge in [-0.25, -0.2) is 0 Å². The molecule has 0 saturated heterocycles. The second-order valence-electron chi connectivity index (χ2n) is 3.89. The molecule has 0 heterocycles. The average Bonchev–Trinajstić information content (AvgIpc) is 2.27. The van der Waals surface area contributed by atoms with Crippen molar-refractivity contribution in [3.63, 3.8) is 0 Å². The Morgan fingerprint density at radius 1 is 1.11 bits per heavy atom. The molecular formula is C11H14BF3O3. The van der Waals surface area contributed by atoms with E-state index in [2.05, 4.69) is 0 Å². The zero-order valence-electron chi connectivity index (χ0n) is 9.65. The Bertz CT molecular complexity index is 352. The van der Waals surface area contributed by atoms with Crippen molar-refractivity contribution >= 4 is 12.6 Å². The maximum atomic E-state index is 11.8. The van der Waals surface area contributed by atoms with E-state index >= 15 is 0 Å². The lowest BCUT2D eigenvalue weighted by molar-refractivity contribution is -0.138. The maximum absolute atomic E-state index is 11.8. The Morgan fingerprint density at radius 3 is 2.22 bits per heavy atom. The van der Waals surface area contributed by atoms with Gasteiger partial charge in [-0.3, -0.25) is 0 Å². The van der Waals surface area contributed by atoms with Crippen LogP contribution >= 0.6 is 0 Å². The van der Waals surface area contributed by atoms with Crippen LogP contribution in [0.1, 0.15) is 18.4 Å². The van der Waals surface area contributed by atoms with Crippen LogP contribution in [0.25, 0.3) is 0 Å². The van der Waals surface area contributed by atoms with Crippen LogP contribution in [0.5, 0.6) is 0 Å². The summed E-state index contributed by atoms with van der Waals surface area (Å²) in [5.41, 5.74) is 1.13. The normalized spacial score (nSPS) is 11.6. The van der Waals surface area contributed by atoms with Crippen LogP contribution in [0.3, 0.4) is 0 Å². The Morgan fingerprint density at radius 2 is 1.72 bits per heavy atom. The van der Waals surface area contributed by atoms with Crippen molar-refractivity contribution in [2.75, 3.05) is 6.61 Å². The summed E-state index contributed by atoms with van der Waals surface area (Å²) in [4.78, 5) is 0. The van der Waals surface area contributed by atoms with Crippen LogP contribution in [-0.2, 0) is 11.3 Å². The standard InChI is InChI=1S/C11H14BF3O3/c13-11(14,15)6-1-7-18-8-9-2-4-10(5-3-9)12(16)17/h2-5,16-17H,1,6-8H2. The molecule has 0 aliphatic rings. The summed E-state index contributed by atoms with van der Waals surface area (Å²) in [6.45, 7) is 0.254. The second-order valence-corrected chi connectivity index (χ2v) is 3.89. The van der Waals surface area contributed by atoms with Crippen molar-refractivity contribution in [1.29, 1.82) is 0 Å². The fourth-order valence-electron chi connectivity index (χ4n) is 1.35. The van der Waals surface area contributed by atoms with E-state index in [-0.39, 0.29) is 19.6 Å². The summed E-state index contributed by atoms with van der Waals surface area (Å²) in [6, 6.07) is 6.33. The largest absolute Gasteiger partial charge is 0.488 e. The molecule has 0 spiro atoms. The van der Waals surface area contributed by atoms with Gasteiger partial charge in [0.2, 0.25) is 0 Å². The van der Waals surface area contributed by atoms with E-state index < -0.39 is 19.7 Å². The van der Waals surface area contributed by atoms with E-state index in [0.717, 1.165) is 5.56 Å². The van der Waals surface area contributed by atoms with Gasteiger partial charge in [-0.2, -0.15) is 13.2 Å². The molecule has 0 unspecified atom stereocenters. The third-order valence-electron chi connectivity index (χ3n) is 2.30. The monoisotopic (exact) mass is 262 g/mol. The molecule has 0 atom stereocenters.